The molecule has 4 N–H and O–H groups in total. The van der Waals surface area contributed by atoms with E-state index in [9.17, 15) is 28.7 Å². The zero-order valence-corrected chi connectivity index (χ0v) is 16.5. The monoisotopic (exact) mass is 438 g/mol. The van der Waals surface area contributed by atoms with Gasteiger partial charge in [-0.3, -0.25) is 23.2 Å². The third-order valence-electron chi connectivity index (χ3n) is 2.59. The summed E-state index contributed by atoms with van der Waals surface area (Å²) in [5.74, 6) is -1.24. The Kier molecular flexibility index (Phi) is 12.1. The van der Waals surface area contributed by atoms with Gasteiger partial charge in [-0.15, -0.1) is 0 Å². The lowest BCUT2D eigenvalue weighted by atomic mass is 10.4. The summed E-state index contributed by atoms with van der Waals surface area (Å²) in [6, 6.07) is 0. The summed E-state index contributed by atoms with van der Waals surface area (Å²) in [5, 5.41) is 9.37. The lowest BCUT2D eigenvalue weighted by molar-refractivity contribution is -0.160. The highest BCUT2D eigenvalue weighted by atomic mass is 31.2. The first-order valence-corrected chi connectivity index (χ1v) is 10.8. The number of phosphoric acid groups is 2. The molecule has 0 spiro atoms. The van der Waals surface area contributed by atoms with Crippen LogP contribution in [0.15, 0.2) is 0 Å². The maximum Gasteiger partial charge on any atom is 0.472 e. The van der Waals surface area contributed by atoms with Gasteiger partial charge < -0.3 is 29.3 Å². The first-order chi connectivity index (χ1) is 12.4. The van der Waals surface area contributed by atoms with E-state index in [2.05, 4.69) is 13.6 Å². The molecule has 13 nitrogen and oxygen atoms in total. The Balaban J connectivity index is 4.49. The fraction of sp³-hybridized carbons (Fsp3) is 0.833. The molecule has 0 aliphatic rings. The number of phosphoric ester groups is 2. The fourth-order valence-corrected chi connectivity index (χ4v) is 2.46. The van der Waals surface area contributed by atoms with Gasteiger partial charge in [0.15, 0.2) is 6.10 Å². The molecular formula is C12H24O13P2. The molecule has 0 aliphatic carbocycles. The van der Waals surface area contributed by atoms with Gasteiger partial charge in [-0.25, -0.2) is 9.13 Å². The summed E-state index contributed by atoms with van der Waals surface area (Å²) >= 11 is 0. The number of hydrogen-bond donors (Lipinski definition) is 4. The van der Waals surface area contributed by atoms with Crippen molar-refractivity contribution in [3.8, 4) is 0 Å². The predicted molar refractivity (Wildman–Crippen MR) is 87.2 cm³/mol. The number of carbonyl (C=O) groups is 2. The van der Waals surface area contributed by atoms with Crippen LogP contribution >= 0.6 is 15.6 Å². The molecule has 0 aliphatic heterocycles. The van der Waals surface area contributed by atoms with Crippen molar-refractivity contribution in [3.63, 3.8) is 0 Å². The van der Waals surface area contributed by atoms with E-state index < -0.39 is 66.2 Å². The summed E-state index contributed by atoms with van der Waals surface area (Å²) in [4.78, 5) is 48.9. The number of aliphatic hydroxyl groups is 1. The number of hydrogen-bond acceptors (Lipinski definition) is 10. The van der Waals surface area contributed by atoms with Gasteiger partial charge >= 0.3 is 27.6 Å². The molecule has 0 heterocycles. The average Bonchev–Trinajstić information content (AvgIpc) is 2.59. The second kappa shape index (κ2) is 12.6. The number of ether oxygens (including phenoxy) is 2. The normalized spacial score (nSPS) is 16.2. The van der Waals surface area contributed by atoms with Gasteiger partial charge in [-0.1, -0.05) is 13.8 Å². The molecule has 0 rings (SSSR count). The summed E-state index contributed by atoms with van der Waals surface area (Å²) < 4.78 is 44.9. The van der Waals surface area contributed by atoms with Crippen LogP contribution in [0.4, 0.5) is 0 Å². The maximum absolute atomic E-state index is 11.7. The fourth-order valence-electron chi connectivity index (χ4n) is 1.30. The van der Waals surface area contributed by atoms with Crippen LogP contribution < -0.4 is 0 Å². The van der Waals surface area contributed by atoms with E-state index in [1.165, 1.54) is 6.92 Å². The van der Waals surface area contributed by atoms with Crippen molar-refractivity contribution in [2.24, 2.45) is 0 Å². The average molecular weight is 438 g/mol. The zero-order valence-electron chi connectivity index (χ0n) is 14.8. The largest absolute Gasteiger partial charge is 0.472 e. The maximum atomic E-state index is 11.7. The lowest BCUT2D eigenvalue weighted by Gasteiger charge is -2.20. The van der Waals surface area contributed by atoms with Crippen LogP contribution in [0.3, 0.4) is 0 Å². The quantitative estimate of drug-likeness (QED) is 0.207. The Hall–Kier alpha value is -0.880. The Morgan fingerprint density at radius 3 is 1.89 bits per heavy atom. The number of carbonyl (C=O) groups excluding carboxylic acids is 2. The van der Waals surface area contributed by atoms with Crippen molar-refractivity contribution in [2.75, 3.05) is 26.4 Å². The van der Waals surface area contributed by atoms with Gasteiger partial charge in [0.1, 0.15) is 12.7 Å². The smallest absolute Gasteiger partial charge is 0.462 e. The molecule has 0 radical (unpaired) electrons. The molecule has 0 aromatic carbocycles. The van der Waals surface area contributed by atoms with Gasteiger partial charge in [0, 0.05) is 12.8 Å². The van der Waals surface area contributed by atoms with Crippen molar-refractivity contribution >= 4 is 27.6 Å². The van der Waals surface area contributed by atoms with E-state index in [-0.39, 0.29) is 12.8 Å². The Morgan fingerprint density at radius 1 is 0.852 bits per heavy atom. The summed E-state index contributed by atoms with van der Waals surface area (Å²) in [5.41, 5.74) is 0. The molecule has 0 saturated carbocycles. The van der Waals surface area contributed by atoms with E-state index in [0.717, 1.165) is 0 Å². The van der Waals surface area contributed by atoms with Crippen LogP contribution in [-0.4, -0.2) is 70.4 Å². The van der Waals surface area contributed by atoms with E-state index >= 15 is 0 Å². The van der Waals surface area contributed by atoms with Gasteiger partial charge in [0.2, 0.25) is 0 Å². The second-order valence-corrected chi connectivity index (χ2v) is 7.70. The van der Waals surface area contributed by atoms with Gasteiger partial charge in [0.05, 0.1) is 19.8 Å². The van der Waals surface area contributed by atoms with Crippen molar-refractivity contribution in [1.29, 1.82) is 0 Å². The topological polar surface area (TPSA) is 195 Å². The molecule has 3 atom stereocenters. The molecule has 27 heavy (non-hydrogen) atoms. The van der Waals surface area contributed by atoms with Crippen LogP contribution in [0.25, 0.3) is 0 Å². The highest BCUT2D eigenvalue weighted by molar-refractivity contribution is 7.47. The highest BCUT2D eigenvalue weighted by Crippen LogP contribution is 2.43. The third-order valence-corrected chi connectivity index (χ3v) is 4.03. The molecule has 160 valence electrons. The minimum absolute atomic E-state index is 0.0112. The first kappa shape index (κ1) is 26.1. The van der Waals surface area contributed by atoms with E-state index in [1.54, 1.807) is 6.92 Å². The molecule has 0 saturated heterocycles. The van der Waals surface area contributed by atoms with Gasteiger partial charge in [-0.2, -0.15) is 0 Å². The highest BCUT2D eigenvalue weighted by Gasteiger charge is 2.27. The SMILES string of the molecule is CCC(=O)OC[C@H](COP(=O)(O)OC[C@H](O)COP(=O)(O)O)OC(=O)CC. The van der Waals surface area contributed by atoms with Crippen LogP contribution in [0.5, 0.6) is 0 Å². The standard InChI is InChI=1S/C12H24O13P2/c1-3-11(14)21-7-10(25-12(15)4-2)8-24-27(19,20)23-6-9(13)5-22-26(16,17)18/h9-10,13H,3-8H2,1-2H3,(H,19,20)(H2,16,17,18)/t9-,10-/m1/s1. The number of rotatable bonds is 14. The molecule has 0 aromatic rings. The number of aliphatic hydroxyl groups excluding tert-OH is 1. The van der Waals surface area contributed by atoms with Crippen LogP contribution in [0.1, 0.15) is 26.7 Å². The van der Waals surface area contributed by atoms with Crippen molar-refractivity contribution in [1.82, 2.24) is 0 Å². The van der Waals surface area contributed by atoms with E-state index in [0.29, 0.717) is 0 Å². The van der Waals surface area contributed by atoms with E-state index in [4.69, 9.17) is 19.3 Å². The molecule has 0 bridgehead atoms. The number of esters is 2. The Labute approximate surface area is 155 Å². The van der Waals surface area contributed by atoms with Crippen molar-refractivity contribution in [3.05, 3.63) is 0 Å². The minimum Gasteiger partial charge on any atom is -0.462 e. The minimum atomic E-state index is -4.81. The van der Waals surface area contributed by atoms with Gasteiger partial charge in [-0.05, 0) is 0 Å². The molecule has 15 heteroatoms. The van der Waals surface area contributed by atoms with Crippen molar-refractivity contribution in [2.45, 2.75) is 38.9 Å². The molecule has 1 unspecified atom stereocenters. The Bertz CT molecular complexity index is 559. The summed E-state index contributed by atoms with van der Waals surface area (Å²) in [6.45, 7) is 0.317. The predicted octanol–water partition coefficient (Wildman–Crippen LogP) is -0.135. The molecule has 0 amide bonds. The zero-order chi connectivity index (χ0) is 21.1. The van der Waals surface area contributed by atoms with Crippen LogP contribution in [0.2, 0.25) is 0 Å². The lowest BCUT2D eigenvalue weighted by Crippen LogP contribution is -2.29. The molecular weight excluding hydrogens is 414 g/mol. The molecule has 0 fully saturated rings. The summed E-state index contributed by atoms with van der Waals surface area (Å²) in [6.07, 6.45) is -2.70. The Morgan fingerprint density at radius 2 is 1.37 bits per heavy atom. The van der Waals surface area contributed by atoms with E-state index in [1.807, 2.05) is 0 Å². The second-order valence-electron chi connectivity index (χ2n) is 5.00. The summed E-state index contributed by atoms with van der Waals surface area (Å²) in [7, 11) is -9.53. The van der Waals surface area contributed by atoms with Crippen LogP contribution in [0, 0.1) is 0 Å². The van der Waals surface area contributed by atoms with Crippen molar-refractivity contribution < 1.29 is 61.6 Å². The third kappa shape index (κ3) is 14.8. The van der Waals surface area contributed by atoms with Crippen LogP contribution in [-0.2, 0) is 41.8 Å². The first-order valence-electron chi connectivity index (χ1n) is 7.73. The van der Waals surface area contributed by atoms with Gasteiger partial charge in [0.25, 0.3) is 0 Å². The molecule has 0 aromatic heterocycles.